The zero-order valence-corrected chi connectivity index (χ0v) is 13.9. The van der Waals surface area contributed by atoms with E-state index in [0.717, 1.165) is 11.1 Å². The fourth-order valence-electron chi connectivity index (χ4n) is 2.76. The molecule has 2 aromatic rings. The molecular formula is C19H19NO4. The Labute approximate surface area is 140 Å². The zero-order chi connectivity index (χ0) is 17.3. The molecule has 3 rings (SSSR count). The summed E-state index contributed by atoms with van der Waals surface area (Å²) in [5.41, 5.74) is 2.34. The number of esters is 1. The summed E-state index contributed by atoms with van der Waals surface area (Å²) in [7, 11) is 0. The molecule has 0 bridgehead atoms. The second-order valence-electron chi connectivity index (χ2n) is 5.85. The van der Waals surface area contributed by atoms with Crippen molar-refractivity contribution in [3.8, 4) is 11.5 Å². The number of benzene rings is 2. The lowest BCUT2D eigenvalue weighted by Gasteiger charge is -2.32. The highest BCUT2D eigenvalue weighted by atomic mass is 16.5. The molecule has 1 heterocycles. The van der Waals surface area contributed by atoms with Crippen molar-refractivity contribution in [2.75, 3.05) is 11.4 Å². The van der Waals surface area contributed by atoms with E-state index >= 15 is 0 Å². The summed E-state index contributed by atoms with van der Waals surface area (Å²) in [6.45, 7) is 5.28. The second kappa shape index (κ2) is 6.35. The van der Waals surface area contributed by atoms with E-state index in [2.05, 4.69) is 0 Å². The Morgan fingerprint density at radius 1 is 1.12 bits per heavy atom. The van der Waals surface area contributed by atoms with Crippen molar-refractivity contribution in [2.45, 2.75) is 26.9 Å². The number of para-hydroxylation sites is 3. The Morgan fingerprint density at radius 3 is 2.50 bits per heavy atom. The van der Waals surface area contributed by atoms with Crippen LogP contribution in [0.25, 0.3) is 0 Å². The molecule has 0 aliphatic carbocycles. The van der Waals surface area contributed by atoms with Crippen LogP contribution in [-0.4, -0.2) is 24.5 Å². The van der Waals surface area contributed by atoms with Gasteiger partial charge in [-0.2, -0.15) is 0 Å². The summed E-state index contributed by atoms with van der Waals surface area (Å²) >= 11 is 0. The molecule has 1 aliphatic rings. The maximum Gasteiger partial charge on any atom is 0.331 e. The molecule has 2 aromatic carbocycles. The van der Waals surface area contributed by atoms with Gasteiger partial charge in [0, 0.05) is 0 Å². The number of aryl methyl sites for hydroxylation is 2. The first-order valence-electron chi connectivity index (χ1n) is 7.81. The maximum absolute atomic E-state index is 12.4. The average molecular weight is 325 g/mol. The first-order valence-corrected chi connectivity index (χ1v) is 7.81. The standard InChI is InChI=1S/C19H19NO4/c1-12-7-6-8-13(2)18(12)24-17(21)11-20-15-9-4-5-10-16(15)23-14(3)19(20)22/h4-10,14H,11H2,1-3H3. The molecule has 0 aromatic heterocycles. The number of hydrogen-bond donors (Lipinski definition) is 0. The molecule has 0 fully saturated rings. The van der Waals surface area contributed by atoms with Crippen LogP contribution in [0.3, 0.4) is 0 Å². The number of ether oxygens (including phenoxy) is 2. The minimum absolute atomic E-state index is 0.155. The molecular weight excluding hydrogens is 306 g/mol. The lowest BCUT2D eigenvalue weighted by Crippen LogP contribution is -2.47. The van der Waals surface area contributed by atoms with Gasteiger partial charge >= 0.3 is 5.97 Å². The van der Waals surface area contributed by atoms with E-state index in [1.807, 2.05) is 38.1 Å². The van der Waals surface area contributed by atoms with Crippen LogP contribution in [-0.2, 0) is 9.59 Å². The Balaban J connectivity index is 1.82. The molecule has 24 heavy (non-hydrogen) atoms. The average Bonchev–Trinajstić information content (AvgIpc) is 2.55. The SMILES string of the molecule is Cc1cccc(C)c1OC(=O)CN1C(=O)C(C)Oc2ccccc21. The van der Waals surface area contributed by atoms with Crippen LogP contribution in [0.2, 0.25) is 0 Å². The van der Waals surface area contributed by atoms with Crippen LogP contribution in [0.15, 0.2) is 42.5 Å². The monoisotopic (exact) mass is 325 g/mol. The Morgan fingerprint density at radius 2 is 1.79 bits per heavy atom. The fraction of sp³-hybridized carbons (Fsp3) is 0.263. The van der Waals surface area contributed by atoms with E-state index in [-0.39, 0.29) is 12.5 Å². The Hall–Kier alpha value is -2.82. The maximum atomic E-state index is 12.4. The zero-order valence-electron chi connectivity index (χ0n) is 13.9. The molecule has 1 unspecified atom stereocenters. The van der Waals surface area contributed by atoms with Gasteiger partial charge in [-0.15, -0.1) is 0 Å². The second-order valence-corrected chi connectivity index (χ2v) is 5.85. The van der Waals surface area contributed by atoms with Crippen molar-refractivity contribution in [3.05, 3.63) is 53.6 Å². The van der Waals surface area contributed by atoms with Gasteiger partial charge in [-0.25, -0.2) is 4.79 Å². The first-order chi connectivity index (χ1) is 11.5. The van der Waals surface area contributed by atoms with E-state index in [0.29, 0.717) is 17.2 Å². The largest absolute Gasteiger partial charge is 0.479 e. The van der Waals surface area contributed by atoms with Gasteiger partial charge in [0.05, 0.1) is 5.69 Å². The van der Waals surface area contributed by atoms with Gasteiger partial charge in [0.15, 0.2) is 6.10 Å². The van der Waals surface area contributed by atoms with Crippen molar-refractivity contribution in [1.29, 1.82) is 0 Å². The first kappa shape index (κ1) is 16.1. The van der Waals surface area contributed by atoms with Gasteiger partial charge in [0.25, 0.3) is 5.91 Å². The quantitative estimate of drug-likeness (QED) is 0.643. The van der Waals surface area contributed by atoms with Crippen molar-refractivity contribution in [2.24, 2.45) is 0 Å². The van der Waals surface area contributed by atoms with E-state index in [1.165, 1.54) is 4.90 Å². The number of amides is 1. The molecule has 5 nitrogen and oxygen atoms in total. The third-order valence-corrected chi connectivity index (χ3v) is 3.99. The molecule has 0 spiro atoms. The summed E-state index contributed by atoms with van der Waals surface area (Å²) in [4.78, 5) is 26.2. The third kappa shape index (κ3) is 2.97. The van der Waals surface area contributed by atoms with E-state index in [4.69, 9.17) is 9.47 Å². The Bertz CT molecular complexity index is 779. The van der Waals surface area contributed by atoms with E-state index < -0.39 is 12.1 Å². The van der Waals surface area contributed by atoms with Gasteiger partial charge in [0.2, 0.25) is 0 Å². The van der Waals surface area contributed by atoms with Gasteiger partial charge in [-0.1, -0.05) is 30.3 Å². The van der Waals surface area contributed by atoms with Gasteiger partial charge in [-0.3, -0.25) is 9.69 Å². The summed E-state index contributed by atoms with van der Waals surface area (Å²) in [6.07, 6.45) is -0.632. The van der Waals surface area contributed by atoms with Crippen molar-refractivity contribution >= 4 is 17.6 Å². The number of fused-ring (bicyclic) bond motifs is 1. The minimum Gasteiger partial charge on any atom is -0.479 e. The number of carbonyl (C=O) groups is 2. The van der Waals surface area contributed by atoms with Crippen LogP contribution >= 0.6 is 0 Å². The summed E-state index contributed by atoms with van der Waals surface area (Å²) < 4.78 is 11.1. The highest BCUT2D eigenvalue weighted by molar-refractivity contribution is 6.03. The molecule has 0 radical (unpaired) electrons. The highest BCUT2D eigenvalue weighted by Crippen LogP contribution is 2.33. The van der Waals surface area contributed by atoms with Crippen LogP contribution in [0.1, 0.15) is 18.1 Å². The molecule has 0 saturated carbocycles. The van der Waals surface area contributed by atoms with Gasteiger partial charge < -0.3 is 9.47 Å². The summed E-state index contributed by atoms with van der Waals surface area (Å²) in [5.74, 6) is 0.394. The van der Waals surface area contributed by atoms with E-state index in [1.54, 1.807) is 25.1 Å². The molecule has 124 valence electrons. The molecule has 0 N–H and O–H groups in total. The minimum atomic E-state index is -0.632. The van der Waals surface area contributed by atoms with E-state index in [9.17, 15) is 9.59 Å². The topological polar surface area (TPSA) is 55.8 Å². The van der Waals surface area contributed by atoms with Crippen LogP contribution in [0.4, 0.5) is 5.69 Å². The molecule has 5 heteroatoms. The van der Waals surface area contributed by atoms with Gasteiger partial charge in [-0.05, 0) is 44.0 Å². The predicted octanol–water partition coefficient (Wildman–Crippen LogP) is 3.02. The number of rotatable bonds is 3. The number of nitrogens with zero attached hydrogens (tertiary/aromatic N) is 1. The van der Waals surface area contributed by atoms with Crippen molar-refractivity contribution < 1.29 is 19.1 Å². The lowest BCUT2D eigenvalue weighted by atomic mass is 10.1. The molecule has 1 aliphatic heterocycles. The van der Waals surface area contributed by atoms with Gasteiger partial charge in [0.1, 0.15) is 18.0 Å². The van der Waals surface area contributed by atoms with Crippen molar-refractivity contribution in [1.82, 2.24) is 0 Å². The van der Waals surface area contributed by atoms with Crippen LogP contribution in [0, 0.1) is 13.8 Å². The normalized spacial score (nSPS) is 16.4. The highest BCUT2D eigenvalue weighted by Gasteiger charge is 2.33. The number of anilines is 1. The van der Waals surface area contributed by atoms with Crippen LogP contribution < -0.4 is 14.4 Å². The van der Waals surface area contributed by atoms with Crippen molar-refractivity contribution in [3.63, 3.8) is 0 Å². The predicted molar refractivity (Wildman–Crippen MR) is 90.4 cm³/mol. The number of hydrogen-bond acceptors (Lipinski definition) is 4. The Kier molecular flexibility index (Phi) is 4.25. The smallest absolute Gasteiger partial charge is 0.331 e. The third-order valence-electron chi connectivity index (χ3n) is 3.99. The van der Waals surface area contributed by atoms with Crippen LogP contribution in [0.5, 0.6) is 11.5 Å². The summed E-state index contributed by atoms with van der Waals surface area (Å²) in [5, 5.41) is 0. The number of carbonyl (C=O) groups excluding carboxylic acids is 2. The molecule has 1 amide bonds. The molecule has 0 saturated heterocycles. The summed E-state index contributed by atoms with van der Waals surface area (Å²) in [6, 6.07) is 12.8. The fourth-order valence-corrected chi connectivity index (χ4v) is 2.76. The lowest BCUT2D eigenvalue weighted by molar-refractivity contribution is -0.135. The molecule has 1 atom stereocenters.